The number of hydrogen-bond acceptors (Lipinski definition) is 3. The predicted octanol–water partition coefficient (Wildman–Crippen LogP) is 2.45. The first-order chi connectivity index (χ1) is 12.0. The molecular formula is C19H28N2O3S. The van der Waals surface area contributed by atoms with Gasteiger partial charge in [0.25, 0.3) is 5.91 Å². The van der Waals surface area contributed by atoms with Crippen LogP contribution in [0, 0.1) is 0 Å². The van der Waals surface area contributed by atoms with E-state index in [-0.39, 0.29) is 11.7 Å². The number of hydrogen-bond donors (Lipinski definition) is 0. The van der Waals surface area contributed by atoms with Gasteiger partial charge in [0.1, 0.15) is 0 Å². The Bertz CT molecular complexity index is 730. The number of aryl methyl sites for hydroxylation is 2. The normalized spacial score (nSPS) is 19.3. The van der Waals surface area contributed by atoms with E-state index in [1.807, 2.05) is 24.0 Å². The Morgan fingerprint density at radius 3 is 2.52 bits per heavy atom. The van der Waals surface area contributed by atoms with Crippen molar-refractivity contribution in [2.75, 3.05) is 31.9 Å². The van der Waals surface area contributed by atoms with Gasteiger partial charge in [0.2, 0.25) is 10.0 Å². The zero-order chi connectivity index (χ0) is 17.9. The molecule has 1 heterocycles. The summed E-state index contributed by atoms with van der Waals surface area (Å²) in [5.74, 6) is 0.217. The van der Waals surface area contributed by atoms with Gasteiger partial charge in [-0.1, -0.05) is 13.0 Å². The maximum absolute atomic E-state index is 12.9. The van der Waals surface area contributed by atoms with Crippen molar-refractivity contribution in [3.05, 3.63) is 34.9 Å². The summed E-state index contributed by atoms with van der Waals surface area (Å²) in [4.78, 5) is 14.7. The molecule has 0 radical (unpaired) electrons. The van der Waals surface area contributed by atoms with Crippen LogP contribution >= 0.6 is 0 Å². The first-order valence-electron chi connectivity index (χ1n) is 9.40. The third-order valence-corrected chi connectivity index (χ3v) is 7.27. The predicted molar refractivity (Wildman–Crippen MR) is 99.3 cm³/mol. The first-order valence-corrected chi connectivity index (χ1v) is 11.0. The van der Waals surface area contributed by atoms with Gasteiger partial charge in [0.05, 0.1) is 5.75 Å². The van der Waals surface area contributed by atoms with Gasteiger partial charge in [0.15, 0.2) is 0 Å². The smallest absolute Gasteiger partial charge is 0.253 e. The van der Waals surface area contributed by atoms with E-state index in [1.54, 1.807) is 4.31 Å². The summed E-state index contributed by atoms with van der Waals surface area (Å²) in [7, 11) is -3.19. The molecule has 2 aliphatic rings. The van der Waals surface area contributed by atoms with Crippen LogP contribution in [-0.4, -0.2) is 55.5 Å². The number of carbonyl (C=O) groups is 1. The number of rotatable bonds is 4. The fraction of sp³-hybridized carbons (Fsp3) is 0.632. The minimum atomic E-state index is -3.19. The van der Waals surface area contributed by atoms with E-state index in [2.05, 4.69) is 6.07 Å². The molecule has 1 aromatic carbocycles. The van der Waals surface area contributed by atoms with Gasteiger partial charge in [-0.25, -0.2) is 12.7 Å². The zero-order valence-corrected chi connectivity index (χ0v) is 15.9. The fourth-order valence-corrected chi connectivity index (χ4v) is 5.35. The monoisotopic (exact) mass is 364 g/mol. The Hall–Kier alpha value is -1.40. The minimum absolute atomic E-state index is 0.0307. The van der Waals surface area contributed by atoms with Crippen molar-refractivity contribution in [1.82, 2.24) is 9.21 Å². The first kappa shape index (κ1) is 18.4. The Kier molecular flexibility index (Phi) is 5.79. The highest BCUT2D eigenvalue weighted by Gasteiger charge is 2.26. The summed E-state index contributed by atoms with van der Waals surface area (Å²) in [6, 6.07) is 6.08. The highest BCUT2D eigenvalue weighted by Crippen LogP contribution is 2.23. The van der Waals surface area contributed by atoms with Crippen molar-refractivity contribution in [3.8, 4) is 0 Å². The lowest BCUT2D eigenvalue weighted by molar-refractivity contribution is 0.0764. The Morgan fingerprint density at radius 2 is 1.76 bits per heavy atom. The topological polar surface area (TPSA) is 57.7 Å². The van der Waals surface area contributed by atoms with Crippen molar-refractivity contribution in [1.29, 1.82) is 0 Å². The molecule has 0 bridgehead atoms. The zero-order valence-electron chi connectivity index (χ0n) is 15.0. The van der Waals surface area contributed by atoms with Crippen molar-refractivity contribution in [3.63, 3.8) is 0 Å². The van der Waals surface area contributed by atoms with Crippen LogP contribution in [0.3, 0.4) is 0 Å². The van der Waals surface area contributed by atoms with E-state index in [1.165, 1.54) is 24.0 Å². The van der Waals surface area contributed by atoms with Crippen molar-refractivity contribution in [2.24, 2.45) is 0 Å². The maximum atomic E-state index is 12.9. The van der Waals surface area contributed by atoms with Gasteiger partial charge in [-0.05, 0) is 61.8 Å². The van der Waals surface area contributed by atoms with Crippen LogP contribution in [0.15, 0.2) is 18.2 Å². The molecule has 3 rings (SSSR count). The third-order valence-electron chi connectivity index (χ3n) is 5.19. The summed E-state index contributed by atoms with van der Waals surface area (Å²) < 4.78 is 26.1. The molecule has 1 aliphatic heterocycles. The van der Waals surface area contributed by atoms with Gasteiger partial charge in [-0.15, -0.1) is 0 Å². The Morgan fingerprint density at radius 1 is 1.00 bits per heavy atom. The Balaban J connectivity index is 1.69. The van der Waals surface area contributed by atoms with Crippen molar-refractivity contribution < 1.29 is 13.2 Å². The van der Waals surface area contributed by atoms with Crippen LogP contribution in [0.5, 0.6) is 0 Å². The molecule has 1 fully saturated rings. The van der Waals surface area contributed by atoms with Gasteiger partial charge < -0.3 is 4.90 Å². The molecule has 1 aromatic rings. The molecule has 6 heteroatoms. The molecule has 138 valence electrons. The van der Waals surface area contributed by atoms with Crippen molar-refractivity contribution >= 4 is 15.9 Å². The van der Waals surface area contributed by atoms with E-state index in [9.17, 15) is 13.2 Å². The summed E-state index contributed by atoms with van der Waals surface area (Å²) in [6.45, 7) is 3.88. The van der Waals surface area contributed by atoms with Crippen LogP contribution in [0.4, 0.5) is 0 Å². The van der Waals surface area contributed by atoms with E-state index in [4.69, 9.17) is 0 Å². The number of nitrogens with zero attached hydrogens (tertiary/aromatic N) is 2. The second-order valence-corrected chi connectivity index (χ2v) is 9.14. The SMILES string of the molecule is CCCS(=O)(=O)N1CCCN(C(=O)c2ccc3c(c2)CCCC3)CC1. The van der Waals surface area contributed by atoms with Crippen LogP contribution in [0.2, 0.25) is 0 Å². The van der Waals surface area contributed by atoms with Crippen LogP contribution in [-0.2, 0) is 22.9 Å². The molecule has 1 saturated heterocycles. The number of fused-ring (bicyclic) bond motifs is 1. The second-order valence-electron chi connectivity index (χ2n) is 7.05. The van der Waals surface area contributed by atoms with Crippen LogP contribution in [0.25, 0.3) is 0 Å². The summed E-state index contributed by atoms with van der Waals surface area (Å²) in [6.07, 6.45) is 5.90. The largest absolute Gasteiger partial charge is 0.337 e. The van der Waals surface area contributed by atoms with Gasteiger partial charge >= 0.3 is 0 Å². The molecule has 0 spiro atoms. The highest BCUT2D eigenvalue weighted by molar-refractivity contribution is 7.89. The number of carbonyl (C=O) groups excluding carboxylic acids is 1. The minimum Gasteiger partial charge on any atom is -0.337 e. The van der Waals surface area contributed by atoms with Gasteiger partial charge in [-0.2, -0.15) is 0 Å². The molecule has 5 nitrogen and oxygen atoms in total. The highest BCUT2D eigenvalue weighted by atomic mass is 32.2. The third kappa shape index (κ3) is 4.23. The summed E-state index contributed by atoms with van der Waals surface area (Å²) >= 11 is 0. The number of sulfonamides is 1. The van der Waals surface area contributed by atoms with E-state index in [0.717, 1.165) is 18.4 Å². The molecule has 0 atom stereocenters. The molecule has 0 saturated carbocycles. The molecule has 0 N–H and O–H groups in total. The van der Waals surface area contributed by atoms with Gasteiger partial charge in [0, 0.05) is 31.7 Å². The standard InChI is InChI=1S/C19H28N2O3S/c1-2-14-25(23,24)21-11-5-10-20(12-13-21)19(22)18-9-8-16-6-3-4-7-17(16)15-18/h8-9,15H,2-7,10-14H2,1H3. The summed E-state index contributed by atoms with van der Waals surface area (Å²) in [5.41, 5.74) is 3.42. The lowest BCUT2D eigenvalue weighted by atomic mass is 9.90. The maximum Gasteiger partial charge on any atom is 0.253 e. The number of amides is 1. The molecule has 0 aromatic heterocycles. The lowest BCUT2D eigenvalue weighted by Crippen LogP contribution is -2.38. The van der Waals surface area contributed by atoms with Gasteiger partial charge in [-0.3, -0.25) is 4.79 Å². The van der Waals surface area contributed by atoms with Crippen molar-refractivity contribution in [2.45, 2.75) is 45.4 Å². The van der Waals surface area contributed by atoms with E-state index >= 15 is 0 Å². The van der Waals surface area contributed by atoms with Crippen LogP contribution < -0.4 is 0 Å². The molecule has 1 amide bonds. The molecule has 0 unspecified atom stereocenters. The average molecular weight is 365 g/mol. The summed E-state index contributed by atoms with van der Waals surface area (Å²) in [5, 5.41) is 0. The van der Waals surface area contributed by atoms with E-state index < -0.39 is 10.0 Å². The average Bonchev–Trinajstić information content (AvgIpc) is 2.87. The van der Waals surface area contributed by atoms with E-state index in [0.29, 0.717) is 39.0 Å². The molecular weight excluding hydrogens is 336 g/mol. The fourth-order valence-electron chi connectivity index (χ4n) is 3.81. The molecule has 25 heavy (non-hydrogen) atoms. The quantitative estimate of drug-likeness (QED) is 0.825. The van der Waals surface area contributed by atoms with Crippen LogP contribution in [0.1, 0.15) is 54.1 Å². The number of benzene rings is 1. The second kappa shape index (κ2) is 7.87. The lowest BCUT2D eigenvalue weighted by Gasteiger charge is -2.23. The Labute approximate surface area is 151 Å². The molecule has 1 aliphatic carbocycles.